The Morgan fingerprint density at radius 2 is 2.20 bits per heavy atom. The molecule has 104 valence electrons. The lowest BCUT2D eigenvalue weighted by Gasteiger charge is -2.27. The Morgan fingerprint density at radius 1 is 1.30 bits per heavy atom. The Balaban J connectivity index is 1.91. The van der Waals surface area contributed by atoms with Gasteiger partial charge in [-0.05, 0) is 42.5 Å². The van der Waals surface area contributed by atoms with Crippen molar-refractivity contribution in [3.8, 4) is 0 Å². The van der Waals surface area contributed by atoms with Gasteiger partial charge >= 0.3 is 0 Å². The van der Waals surface area contributed by atoms with E-state index < -0.39 is 0 Å². The molecule has 1 unspecified atom stereocenters. The van der Waals surface area contributed by atoms with Crippen molar-refractivity contribution in [2.45, 2.75) is 38.1 Å². The molecular formula is C17H21N3. The van der Waals surface area contributed by atoms with Crippen molar-refractivity contribution in [1.82, 2.24) is 15.3 Å². The number of hydrogen-bond donors (Lipinski definition) is 1. The lowest BCUT2D eigenvalue weighted by Crippen LogP contribution is -2.23. The fraction of sp³-hybridized carbons (Fsp3) is 0.412. The first-order chi connectivity index (χ1) is 9.88. The van der Waals surface area contributed by atoms with Crippen LogP contribution in [0.25, 0.3) is 0 Å². The van der Waals surface area contributed by atoms with Crippen LogP contribution in [0.2, 0.25) is 0 Å². The average Bonchev–Trinajstić information content (AvgIpc) is 2.44. The van der Waals surface area contributed by atoms with E-state index in [-0.39, 0.29) is 6.04 Å². The van der Waals surface area contributed by atoms with E-state index in [0.29, 0.717) is 0 Å². The maximum Gasteiger partial charge on any atom is 0.115 e. The second-order valence-electron chi connectivity index (χ2n) is 5.42. The molecule has 20 heavy (non-hydrogen) atoms. The summed E-state index contributed by atoms with van der Waals surface area (Å²) >= 11 is 0. The lowest BCUT2D eigenvalue weighted by molar-refractivity contribution is 0.419. The van der Waals surface area contributed by atoms with Crippen LogP contribution in [-0.4, -0.2) is 16.5 Å². The Bertz CT molecular complexity index is 549. The fourth-order valence-corrected chi connectivity index (χ4v) is 2.80. The summed E-state index contributed by atoms with van der Waals surface area (Å²) in [7, 11) is 0. The van der Waals surface area contributed by atoms with Crippen molar-refractivity contribution in [2.75, 3.05) is 6.54 Å². The summed E-state index contributed by atoms with van der Waals surface area (Å²) in [6.45, 7) is 3.05. The van der Waals surface area contributed by atoms with E-state index in [1.807, 2.05) is 12.3 Å². The van der Waals surface area contributed by atoms with E-state index in [1.165, 1.54) is 30.4 Å². The van der Waals surface area contributed by atoms with E-state index >= 15 is 0 Å². The van der Waals surface area contributed by atoms with E-state index in [4.69, 9.17) is 0 Å². The lowest BCUT2D eigenvalue weighted by atomic mass is 9.79. The Kier molecular flexibility index (Phi) is 4.07. The topological polar surface area (TPSA) is 37.8 Å². The quantitative estimate of drug-likeness (QED) is 0.901. The van der Waals surface area contributed by atoms with E-state index in [0.717, 1.165) is 18.2 Å². The second kappa shape index (κ2) is 6.14. The maximum absolute atomic E-state index is 4.41. The van der Waals surface area contributed by atoms with Gasteiger partial charge < -0.3 is 5.32 Å². The minimum absolute atomic E-state index is 0.156. The molecule has 1 saturated carbocycles. The molecule has 0 aliphatic heterocycles. The minimum Gasteiger partial charge on any atom is -0.305 e. The van der Waals surface area contributed by atoms with Crippen LogP contribution in [0.1, 0.15) is 55.0 Å². The van der Waals surface area contributed by atoms with Crippen LogP contribution in [0.5, 0.6) is 0 Å². The predicted molar refractivity (Wildman–Crippen MR) is 80.6 cm³/mol. The molecule has 1 aromatic carbocycles. The SMILES string of the molecule is CCNC(c1cccc(C2CCC2)c1)c1ccncn1. The molecule has 0 amide bonds. The molecular weight excluding hydrogens is 246 g/mol. The van der Waals surface area contributed by atoms with Crippen molar-refractivity contribution in [2.24, 2.45) is 0 Å². The monoisotopic (exact) mass is 267 g/mol. The van der Waals surface area contributed by atoms with Crippen LogP contribution < -0.4 is 5.32 Å². The highest BCUT2D eigenvalue weighted by molar-refractivity contribution is 5.33. The number of nitrogens with zero attached hydrogens (tertiary/aromatic N) is 2. The van der Waals surface area contributed by atoms with Crippen LogP contribution in [0.15, 0.2) is 42.9 Å². The second-order valence-corrected chi connectivity index (χ2v) is 5.42. The van der Waals surface area contributed by atoms with Crippen LogP contribution in [-0.2, 0) is 0 Å². The number of benzene rings is 1. The van der Waals surface area contributed by atoms with Gasteiger partial charge in [-0.2, -0.15) is 0 Å². The third-order valence-corrected chi connectivity index (χ3v) is 4.13. The average molecular weight is 267 g/mol. The third kappa shape index (κ3) is 2.73. The number of hydrogen-bond acceptors (Lipinski definition) is 3. The zero-order chi connectivity index (χ0) is 13.8. The highest BCUT2D eigenvalue weighted by atomic mass is 14.9. The summed E-state index contributed by atoms with van der Waals surface area (Å²) in [6, 6.07) is 11.1. The smallest absolute Gasteiger partial charge is 0.115 e. The molecule has 3 nitrogen and oxygen atoms in total. The van der Waals surface area contributed by atoms with E-state index in [1.54, 1.807) is 6.33 Å². The largest absolute Gasteiger partial charge is 0.305 e. The molecule has 1 heterocycles. The molecule has 0 bridgehead atoms. The first-order valence-electron chi connectivity index (χ1n) is 7.47. The van der Waals surface area contributed by atoms with Gasteiger partial charge in [0.2, 0.25) is 0 Å². The van der Waals surface area contributed by atoms with Crippen LogP contribution in [0.3, 0.4) is 0 Å². The highest BCUT2D eigenvalue weighted by Gasteiger charge is 2.21. The molecule has 1 aromatic heterocycles. The van der Waals surface area contributed by atoms with Gasteiger partial charge in [0.05, 0.1) is 11.7 Å². The normalized spacial score (nSPS) is 16.6. The molecule has 1 aliphatic carbocycles. The van der Waals surface area contributed by atoms with Crippen molar-refractivity contribution in [3.05, 3.63) is 59.7 Å². The summed E-state index contributed by atoms with van der Waals surface area (Å²) in [6.07, 6.45) is 7.47. The molecule has 0 spiro atoms. The van der Waals surface area contributed by atoms with Crippen LogP contribution in [0, 0.1) is 0 Å². The molecule has 2 aromatic rings. The molecule has 0 saturated heterocycles. The molecule has 1 atom stereocenters. The van der Waals surface area contributed by atoms with E-state index in [9.17, 15) is 0 Å². The van der Waals surface area contributed by atoms with Gasteiger partial charge in [-0.15, -0.1) is 0 Å². The van der Waals surface area contributed by atoms with Gasteiger partial charge in [-0.1, -0.05) is 37.6 Å². The molecule has 1 N–H and O–H groups in total. The highest BCUT2D eigenvalue weighted by Crippen LogP contribution is 2.37. The maximum atomic E-state index is 4.41. The van der Waals surface area contributed by atoms with Gasteiger partial charge in [0, 0.05) is 6.20 Å². The molecule has 3 rings (SSSR count). The Labute approximate surface area is 120 Å². The molecule has 0 radical (unpaired) electrons. The number of aromatic nitrogens is 2. The first kappa shape index (κ1) is 13.3. The van der Waals surface area contributed by atoms with Crippen LogP contribution >= 0.6 is 0 Å². The van der Waals surface area contributed by atoms with Gasteiger partial charge in [-0.25, -0.2) is 9.97 Å². The molecule has 3 heteroatoms. The van der Waals surface area contributed by atoms with Crippen molar-refractivity contribution >= 4 is 0 Å². The Hall–Kier alpha value is -1.74. The van der Waals surface area contributed by atoms with Crippen LogP contribution in [0.4, 0.5) is 0 Å². The van der Waals surface area contributed by atoms with Crippen molar-refractivity contribution in [1.29, 1.82) is 0 Å². The van der Waals surface area contributed by atoms with Gasteiger partial charge in [0.1, 0.15) is 6.33 Å². The predicted octanol–water partition coefficient (Wildman–Crippen LogP) is 3.44. The summed E-state index contributed by atoms with van der Waals surface area (Å²) in [4.78, 5) is 8.42. The van der Waals surface area contributed by atoms with Crippen molar-refractivity contribution < 1.29 is 0 Å². The number of rotatable bonds is 5. The van der Waals surface area contributed by atoms with Gasteiger partial charge in [-0.3, -0.25) is 0 Å². The fourth-order valence-electron chi connectivity index (χ4n) is 2.80. The zero-order valence-electron chi connectivity index (χ0n) is 11.9. The van der Waals surface area contributed by atoms with Gasteiger partial charge in [0.15, 0.2) is 0 Å². The minimum atomic E-state index is 0.156. The van der Waals surface area contributed by atoms with Gasteiger partial charge in [0.25, 0.3) is 0 Å². The number of nitrogens with one attached hydrogen (secondary N) is 1. The zero-order valence-corrected chi connectivity index (χ0v) is 11.9. The van der Waals surface area contributed by atoms with Crippen molar-refractivity contribution in [3.63, 3.8) is 0 Å². The standard InChI is InChI=1S/C17H21N3/c1-2-19-17(16-9-10-18-12-20-16)15-8-4-7-14(11-15)13-5-3-6-13/h4,7-13,17,19H,2-3,5-6H2,1H3. The summed E-state index contributed by atoms with van der Waals surface area (Å²) in [5.41, 5.74) is 3.81. The Morgan fingerprint density at radius 3 is 2.85 bits per heavy atom. The molecule has 1 fully saturated rings. The summed E-state index contributed by atoms with van der Waals surface area (Å²) < 4.78 is 0. The summed E-state index contributed by atoms with van der Waals surface area (Å²) in [5.74, 6) is 0.766. The molecule has 1 aliphatic rings. The first-order valence-corrected chi connectivity index (χ1v) is 7.47. The third-order valence-electron chi connectivity index (χ3n) is 4.13. The van der Waals surface area contributed by atoms with E-state index in [2.05, 4.69) is 46.5 Å². The summed E-state index contributed by atoms with van der Waals surface area (Å²) in [5, 5.41) is 3.53.